The third-order valence-corrected chi connectivity index (χ3v) is 2.95. The third-order valence-electron chi connectivity index (χ3n) is 2.95. The van der Waals surface area contributed by atoms with E-state index in [4.69, 9.17) is 5.73 Å². The molecule has 1 aromatic carbocycles. The predicted molar refractivity (Wildman–Crippen MR) is 75.6 cm³/mol. The number of nitrogens with zero attached hydrogens (tertiary/aromatic N) is 1. The second-order valence-corrected chi connectivity index (χ2v) is 4.96. The lowest BCUT2D eigenvalue weighted by molar-refractivity contribution is 0.150. The van der Waals surface area contributed by atoms with Gasteiger partial charge in [-0.1, -0.05) is 25.1 Å². The quantitative estimate of drug-likeness (QED) is 0.843. The van der Waals surface area contributed by atoms with Crippen LogP contribution < -0.4 is 11.1 Å². The molecule has 0 aromatic heterocycles. The largest absolute Gasteiger partial charge is 0.328 e. The van der Waals surface area contributed by atoms with Crippen LogP contribution in [0, 0.1) is 0 Å². The Morgan fingerprint density at radius 1 is 1.33 bits per heavy atom. The fourth-order valence-electron chi connectivity index (χ4n) is 1.73. The van der Waals surface area contributed by atoms with Crippen molar-refractivity contribution in [3.8, 4) is 0 Å². The van der Waals surface area contributed by atoms with Crippen LogP contribution in [0.1, 0.15) is 27.2 Å². The molecule has 0 aliphatic heterocycles. The van der Waals surface area contributed by atoms with Gasteiger partial charge in [0.05, 0.1) is 5.54 Å². The molecule has 0 bridgehead atoms. The van der Waals surface area contributed by atoms with Crippen LogP contribution in [0.3, 0.4) is 0 Å². The zero-order valence-electron chi connectivity index (χ0n) is 11.4. The number of anilines is 1. The van der Waals surface area contributed by atoms with Crippen molar-refractivity contribution in [2.75, 3.05) is 18.4 Å². The third kappa shape index (κ3) is 3.74. The van der Waals surface area contributed by atoms with Gasteiger partial charge in [-0.25, -0.2) is 4.79 Å². The van der Waals surface area contributed by atoms with E-state index >= 15 is 0 Å². The summed E-state index contributed by atoms with van der Waals surface area (Å²) in [4.78, 5) is 14.1. The van der Waals surface area contributed by atoms with Crippen molar-refractivity contribution in [2.24, 2.45) is 5.73 Å². The molecule has 0 unspecified atom stereocenters. The molecule has 0 fully saturated rings. The molecule has 4 nitrogen and oxygen atoms in total. The van der Waals surface area contributed by atoms with E-state index in [0.717, 1.165) is 12.1 Å². The van der Waals surface area contributed by atoms with Gasteiger partial charge < -0.3 is 16.0 Å². The molecule has 100 valence electrons. The van der Waals surface area contributed by atoms with Crippen molar-refractivity contribution in [3.63, 3.8) is 0 Å². The molecule has 0 atom stereocenters. The molecular weight excluding hydrogens is 226 g/mol. The fourth-order valence-corrected chi connectivity index (χ4v) is 1.73. The topological polar surface area (TPSA) is 58.4 Å². The number of carbonyl (C=O) groups excluding carboxylic acids is 1. The number of nitrogens with one attached hydrogen (secondary N) is 1. The van der Waals surface area contributed by atoms with Crippen molar-refractivity contribution in [1.82, 2.24) is 4.90 Å². The Kier molecular flexibility index (Phi) is 5.16. The van der Waals surface area contributed by atoms with Crippen molar-refractivity contribution >= 4 is 11.7 Å². The summed E-state index contributed by atoms with van der Waals surface area (Å²) < 4.78 is 0. The number of rotatable bonds is 5. The van der Waals surface area contributed by atoms with Gasteiger partial charge in [0.2, 0.25) is 0 Å². The molecule has 0 saturated carbocycles. The van der Waals surface area contributed by atoms with Gasteiger partial charge in [0, 0.05) is 18.8 Å². The lowest BCUT2D eigenvalue weighted by Crippen LogP contribution is -2.54. The number of hydrogen-bond donors (Lipinski definition) is 2. The van der Waals surface area contributed by atoms with Gasteiger partial charge in [-0.15, -0.1) is 0 Å². The van der Waals surface area contributed by atoms with Gasteiger partial charge in [0.1, 0.15) is 0 Å². The standard InChI is InChI=1S/C14H23N3O/c1-4-10-17(14(2,3)11-15)13(18)16-12-8-6-5-7-9-12/h5-9H,4,10-11,15H2,1-3H3,(H,16,18). The smallest absolute Gasteiger partial charge is 0.322 e. The average Bonchev–Trinajstić information content (AvgIpc) is 2.36. The van der Waals surface area contributed by atoms with Gasteiger partial charge in [0.25, 0.3) is 0 Å². The molecule has 0 radical (unpaired) electrons. The zero-order valence-corrected chi connectivity index (χ0v) is 11.4. The molecular formula is C14H23N3O. The molecule has 0 spiro atoms. The number of amides is 2. The van der Waals surface area contributed by atoms with Crippen LogP contribution in [0.4, 0.5) is 10.5 Å². The molecule has 1 rings (SSSR count). The maximum absolute atomic E-state index is 12.3. The summed E-state index contributed by atoms with van der Waals surface area (Å²) in [7, 11) is 0. The Labute approximate surface area is 109 Å². The molecule has 0 heterocycles. The van der Waals surface area contributed by atoms with Crippen molar-refractivity contribution in [1.29, 1.82) is 0 Å². The number of nitrogens with two attached hydrogens (primary N) is 1. The molecule has 0 saturated heterocycles. The minimum Gasteiger partial charge on any atom is -0.328 e. The van der Waals surface area contributed by atoms with E-state index in [0.29, 0.717) is 13.1 Å². The van der Waals surface area contributed by atoms with Crippen molar-refractivity contribution in [2.45, 2.75) is 32.7 Å². The number of carbonyl (C=O) groups is 1. The average molecular weight is 249 g/mol. The second-order valence-electron chi connectivity index (χ2n) is 4.96. The molecule has 18 heavy (non-hydrogen) atoms. The summed E-state index contributed by atoms with van der Waals surface area (Å²) in [5.74, 6) is 0. The monoisotopic (exact) mass is 249 g/mol. The first-order chi connectivity index (χ1) is 8.51. The van der Waals surface area contributed by atoms with Crippen LogP contribution in [-0.2, 0) is 0 Å². The van der Waals surface area contributed by atoms with E-state index in [1.165, 1.54) is 0 Å². The Hall–Kier alpha value is -1.55. The molecule has 0 aliphatic rings. The van der Waals surface area contributed by atoms with E-state index in [1.54, 1.807) is 4.90 Å². The first-order valence-corrected chi connectivity index (χ1v) is 6.35. The Morgan fingerprint density at radius 2 is 1.94 bits per heavy atom. The van der Waals surface area contributed by atoms with Crippen molar-refractivity contribution < 1.29 is 4.79 Å². The summed E-state index contributed by atoms with van der Waals surface area (Å²) in [5.41, 5.74) is 6.21. The van der Waals surface area contributed by atoms with E-state index < -0.39 is 0 Å². The summed E-state index contributed by atoms with van der Waals surface area (Å²) in [6.07, 6.45) is 0.908. The van der Waals surface area contributed by atoms with E-state index in [-0.39, 0.29) is 11.6 Å². The van der Waals surface area contributed by atoms with E-state index in [2.05, 4.69) is 12.2 Å². The van der Waals surface area contributed by atoms with Crippen LogP contribution in [0.25, 0.3) is 0 Å². The highest BCUT2D eigenvalue weighted by molar-refractivity contribution is 5.89. The van der Waals surface area contributed by atoms with Gasteiger partial charge in [-0.2, -0.15) is 0 Å². The second kappa shape index (κ2) is 6.40. The first kappa shape index (κ1) is 14.5. The number of urea groups is 1. The maximum Gasteiger partial charge on any atom is 0.322 e. The van der Waals surface area contributed by atoms with E-state index in [1.807, 2.05) is 44.2 Å². The number of para-hydroxylation sites is 1. The highest BCUT2D eigenvalue weighted by atomic mass is 16.2. The zero-order chi connectivity index (χ0) is 13.6. The van der Waals surface area contributed by atoms with Crippen LogP contribution >= 0.6 is 0 Å². The minimum atomic E-state index is -0.338. The maximum atomic E-state index is 12.3. The van der Waals surface area contributed by atoms with Crippen LogP contribution in [0.15, 0.2) is 30.3 Å². The SMILES string of the molecule is CCCN(C(=O)Nc1ccccc1)C(C)(C)CN. The minimum absolute atomic E-state index is 0.0986. The van der Waals surface area contributed by atoms with Crippen LogP contribution in [0.2, 0.25) is 0 Å². The molecule has 2 amide bonds. The van der Waals surface area contributed by atoms with Gasteiger partial charge in [0.15, 0.2) is 0 Å². The predicted octanol–water partition coefficient (Wildman–Crippen LogP) is 2.67. The normalized spacial score (nSPS) is 11.1. The lowest BCUT2D eigenvalue weighted by atomic mass is 10.0. The molecule has 0 aliphatic carbocycles. The summed E-state index contributed by atoms with van der Waals surface area (Å²) in [5, 5.41) is 2.90. The summed E-state index contributed by atoms with van der Waals surface area (Å²) in [6, 6.07) is 9.36. The lowest BCUT2D eigenvalue weighted by Gasteiger charge is -2.37. The summed E-state index contributed by atoms with van der Waals surface area (Å²) in [6.45, 7) is 7.15. The molecule has 3 N–H and O–H groups in total. The highest BCUT2D eigenvalue weighted by Gasteiger charge is 2.28. The molecule has 4 heteroatoms. The van der Waals surface area contributed by atoms with Crippen LogP contribution in [-0.4, -0.2) is 29.6 Å². The van der Waals surface area contributed by atoms with Gasteiger partial charge in [-0.05, 0) is 32.4 Å². The van der Waals surface area contributed by atoms with E-state index in [9.17, 15) is 4.79 Å². The van der Waals surface area contributed by atoms with Gasteiger partial charge >= 0.3 is 6.03 Å². The van der Waals surface area contributed by atoms with Crippen LogP contribution in [0.5, 0.6) is 0 Å². The summed E-state index contributed by atoms with van der Waals surface area (Å²) >= 11 is 0. The number of hydrogen-bond acceptors (Lipinski definition) is 2. The Morgan fingerprint density at radius 3 is 2.44 bits per heavy atom. The Bertz CT molecular complexity index is 376. The molecule has 1 aromatic rings. The van der Waals surface area contributed by atoms with Gasteiger partial charge in [-0.3, -0.25) is 0 Å². The fraction of sp³-hybridized carbons (Fsp3) is 0.500. The number of benzene rings is 1. The Balaban J connectivity index is 2.78. The first-order valence-electron chi connectivity index (χ1n) is 6.35. The van der Waals surface area contributed by atoms with Crippen molar-refractivity contribution in [3.05, 3.63) is 30.3 Å². The highest BCUT2D eigenvalue weighted by Crippen LogP contribution is 2.16.